The van der Waals surface area contributed by atoms with Gasteiger partial charge in [-0.3, -0.25) is 14.3 Å². The number of methoxy groups -OCH3 is 2. The van der Waals surface area contributed by atoms with E-state index < -0.39 is 34.8 Å². The number of aryl methyl sites for hydroxylation is 1. The molecule has 1 saturated heterocycles. The van der Waals surface area contributed by atoms with Gasteiger partial charge in [-0.2, -0.15) is 0 Å². The van der Waals surface area contributed by atoms with Gasteiger partial charge in [-0.25, -0.2) is 4.79 Å². The highest BCUT2D eigenvalue weighted by Gasteiger charge is 2.49. The summed E-state index contributed by atoms with van der Waals surface area (Å²) < 4.78 is 26.4. The smallest absolute Gasteiger partial charge is 0.330 e. The van der Waals surface area contributed by atoms with E-state index in [1.807, 2.05) is 85.8 Å². The van der Waals surface area contributed by atoms with Crippen LogP contribution in [0.3, 0.4) is 0 Å². The molecule has 3 aromatic carbocycles. The normalized spacial score (nSPS) is 20.4. The lowest BCUT2D eigenvalue weighted by molar-refractivity contribution is -0.143. The van der Waals surface area contributed by atoms with Gasteiger partial charge >= 0.3 is 5.69 Å². The minimum atomic E-state index is -1.19. The highest BCUT2D eigenvalue weighted by atomic mass is 16.6. The maximum atomic E-state index is 12.8. The molecule has 220 valence electrons. The van der Waals surface area contributed by atoms with Crippen molar-refractivity contribution in [1.29, 1.82) is 0 Å². The van der Waals surface area contributed by atoms with Crippen LogP contribution in [0.1, 0.15) is 42.0 Å². The zero-order valence-corrected chi connectivity index (χ0v) is 24.2. The van der Waals surface area contributed by atoms with E-state index in [1.165, 1.54) is 10.8 Å². The third-order valence-electron chi connectivity index (χ3n) is 8.05. The second-order valence-corrected chi connectivity index (χ2v) is 10.4. The van der Waals surface area contributed by atoms with Gasteiger partial charge < -0.3 is 24.1 Å². The number of hydrogen-bond donors (Lipinski definition) is 2. The van der Waals surface area contributed by atoms with E-state index >= 15 is 0 Å². The lowest BCUT2D eigenvalue weighted by Gasteiger charge is -2.38. The number of nitrogens with one attached hydrogen (secondary N) is 1. The lowest BCUT2D eigenvalue weighted by Crippen LogP contribution is -2.45. The molecule has 2 N–H and O–H groups in total. The van der Waals surface area contributed by atoms with Crippen LogP contribution in [0.5, 0.6) is 11.5 Å². The van der Waals surface area contributed by atoms with Crippen molar-refractivity contribution in [3.8, 4) is 11.5 Å². The molecule has 9 nitrogen and oxygen atoms in total. The monoisotopic (exact) mass is 572 g/mol. The molecule has 1 aliphatic heterocycles. The number of aliphatic hydroxyl groups excluding tert-OH is 1. The largest absolute Gasteiger partial charge is 0.493 e. The highest BCUT2D eigenvalue weighted by Crippen LogP contribution is 2.48. The molecule has 1 fully saturated rings. The van der Waals surface area contributed by atoms with E-state index in [-0.39, 0.29) is 13.0 Å². The topological polar surface area (TPSA) is 112 Å². The van der Waals surface area contributed by atoms with Crippen LogP contribution in [0.2, 0.25) is 0 Å². The molecule has 9 heteroatoms. The number of aromatic amines is 1. The molecule has 4 aromatic rings. The summed E-state index contributed by atoms with van der Waals surface area (Å²) in [6.45, 7) is 3.48. The third kappa shape index (κ3) is 5.04. The van der Waals surface area contributed by atoms with Crippen LogP contribution in [0.4, 0.5) is 0 Å². The third-order valence-corrected chi connectivity index (χ3v) is 8.05. The molecule has 0 radical (unpaired) electrons. The van der Waals surface area contributed by atoms with Gasteiger partial charge in [0.1, 0.15) is 11.7 Å². The number of H-pyrrole nitrogens is 1. The maximum Gasteiger partial charge on any atom is 0.330 e. The quantitative estimate of drug-likeness (QED) is 0.276. The molecule has 3 atom stereocenters. The number of para-hydroxylation sites is 1. The van der Waals surface area contributed by atoms with Crippen molar-refractivity contribution in [3.63, 3.8) is 0 Å². The summed E-state index contributed by atoms with van der Waals surface area (Å²) in [5, 5.41) is 11.3. The molecule has 0 bridgehead atoms. The van der Waals surface area contributed by atoms with Gasteiger partial charge in [-0.05, 0) is 30.5 Å². The SMILES string of the molecule is CC[C@]1(n2cc(C)c(=O)[nH]c2=O)C[C@H](O)[C@@H](COC(c2ccccc2)(c2ccccc2)c2cccc(OC)c2OC)O1. The fraction of sp³-hybridized carbons (Fsp3) is 0.333. The van der Waals surface area contributed by atoms with Crippen molar-refractivity contribution in [3.05, 3.63) is 128 Å². The van der Waals surface area contributed by atoms with E-state index in [2.05, 4.69) is 4.98 Å². The van der Waals surface area contributed by atoms with Crippen molar-refractivity contribution < 1.29 is 24.1 Å². The first-order chi connectivity index (χ1) is 20.3. The summed E-state index contributed by atoms with van der Waals surface area (Å²) >= 11 is 0. The molecule has 5 rings (SSSR count). The average molecular weight is 573 g/mol. The molecular weight excluding hydrogens is 536 g/mol. The Morgan fingerprint density at radius 3 is 2.19 bits per heavy atom. The van der Waals surface area contributed by atoms with Crippen LogP contribution in [-0.4, -0.2) is 47.7 Å². The van der Waals surface area contributed by atoms with Crippen LogP contribution in [0.25, 0.3) is 0 Å². The number of aliphatic hydroxyl groups is 1. The molecule has 1 aliphatic rings. The molecule has 2 heterocycles. The summed E-state index contributed by atoms with van der Waals surface area (Å²) in [6, 6.07) is 25.2. The molecule has 0 spiro atoms. The van der Waals surface area contributed by atoms with Gasteiger partial charge in [0.2, 0.25) is 0 Å². The van der Waals surface area contributed by atoms with E-state index in [0.29, 0.717) is 29.0 Å². The van der Waals surface area contributed by atoms with E-state index in [4.69, 9.17) is 18.9 Å². The number of aromatic nitrogens is 2. The molecule has 0 saturated carbocycles. The first kappa shape index (κ1) is 29.3. The molecule has 1 aromatic heterocycles. The Kier molecular flexibility index (Phi) is 8.36. The Morgan fingerprint density at radius 1 is 0.976 bits per heavy atom. The van der Waals surface area contributed by atoms with Gasteiger partial charge in [-0.1, -0.05) is 79.7 Å². The van der Waals surface area contributed by atoms with E-state index in [0.717, 1.165) is 11.1 Å². The zero-order chi connectivity index (χ0) is 29.9. The molecular formula is C33H36N2O7. The number of ether oxygens (including phenoxy) is 4. The summed E-state index contributed by atoms with van der Waals surface area (Å²) in [5.74, 6) is 1.06. The first-order valence-corrected chi connectivity index (χ1v) is 13.9. The summed E-state index contributed by atoms with van der Waals surface area (Å²) in [7, 11) is 3.17. The maximum absolute atomic E-state index is 12.8. The Hall–Kier alpha value is -4.18. The van der Waals surface area contributed by atoms with E-state index in [9.17, 15) is 14.7 Å². The first-order valence-electron chi connectivity index (χ1n) is 13.9. The summed E-state index contributed by atoms with van der Waals surface area (Å²) in [6.07, 6.45) is 0.292. The van der Waals surface area contributed by atoms with Gasteiger partial charge in [-0.15, -0.1) is 0 Å². The minimum Gasteiger partial charge on any atom is -0.493 e. The van der Waals surface area contributed by atoms with Crippen molar-refractivity contribution in [2.45, 2.75) is 50.2 Å². The van der Waals surface area contributed by atoms with Crippen LogP contribution >= 0.6 is 0 Å². The number of nitrogens with zero attached hydrogens (tertiary/aromatic N) is 1. The van der Waals surface area contributed by atoms with Crippen LogP contribution in [0.15, 0.2) is 94.6 Å². The van der Waals surface area contributed by atoms with Crippen molar-refractivity contribution in [1.82, 2.24) is 9.55 Å². The van der Waals surface area contributed by atoms with Gasteiger partial charge in [0.25, 0.3) is 5.56 Å². The predicted molar refractivity (Wildman–Crippen MR) is 158 cm³/mol. The van der Waals surface area contributed by atoms with Gasteiger partial charge in [0.15, 0.2) is 17.2 Å². The standard InChI is InChI=1S/C33H36N2O7/c1-5-32(35-20-22(2)30(37)34-31(35)38)19-26(36)28(42-32)21-41-33(23-13-8-6-9-14-23,24-15-10-7-11-16-24)25-17-12-18-27(39-3)29(25)40-4/h6-18,20,26,28,36H,5,19,21H2,1-4H3,(H,34,37,38)/t26-,28+,32+/m0/s1. The fourth-order valence-corrected chi connectivity index (χ4v) is 5.87. The summed E-state index contributed by atoms with van der Waals surface area (Å²) in [5.41, 5.74) is -0.632. The molecule has 42 heavy (non-hydrogen) atoms. The summed E-state index contributed by atoms with van der Waals surface area (Å²) in [4.78, 5) is 27.2. The van der Waals surface area contributed by atoms with Gasteiger partial charge in [0, 0.05) is 23.7 Å². The molecule has 0 unspecified atom stereocenters. The van der Waals surface area contributed by atoms with Crippen molar-refractivity contribution in [2.24, 2.45) is 0 Å². The fourth-order valence-electron chi connectivity index (χ4n) is 5.87. The lowest BCUT2D eigenvalue weighted by atomic mass is 9.79. The zero-order valence-electron chi connectivity index (χ0n) is 24.2. The molecule has 0 amide bonds. The van der Waals surface area contributed by atoms with Crippen LogP contribution in [0, 0.1) is 6.92 Å². The number of rotatable bonds is 10. The van der Waals surface area contributed by atoms with Crippen LogP contribution < -0.4 is 20.7 Å². The molecule has 0 aliphatic carbocycles. The number of hydrogen-bond acceptors (Lipinski definition) is 7. The second kappa shape index (κ2) is 12.0. The Labute approximate surface area is 244 Å². The van der Waals surface area contributed by atoms with E-state index in [1.54, 1.807) is 21.1 Å². The van der Waals surface area contributed by atoms with Crippen LogP contribution in [-0.2, 0) is 20.8 Å². The Morgan fingerprint density at radius 2 is 1.62 bits per heavy atom. The highest BCUT2D eigenvalue weighted by molar-refractivity contribution is 5.57. The Bertz CT molecular complexity index is 1590. The number of benzene rings is 3. The van der Waals surface area contributed by atoms with Crippen molar-refractivity contribution in [2.75, 3.05) is 20.8 Å². The van der Waals surface area contributed by atoms with Gasteiger partial charge in [0.05, 0.1) is 26.9 Å². The van der Waals surface area contributed by atoms with Crippen molar-refractivity contribution >= 4 is 0 Å². The minimum absolute atomic E-state index is 0.0237. The second-order valence-electron chi connectivity index (χ2n) is 10.4. The average Bonchev–Trinajstić information content (AvgIpc) is 3.36. The predicted octanol–water partition coefficient (Wildman–Crippen LogP) is 4.08. The Balaban J connectivity index is 1.62.